The minimum atomic E-state index is -0.362. The van der Waals surface area contributed by atoms with Gasteiger partial charge in [0.25, 0.3) is 5.91 Å². The van der Waals surface area contributed by atoms with E-state index in [2.05, 4.69) is 5.32 Å². The van der Waals surface area contributed by atoms with Gasteiger partial charge >= 0.3 is 12.1 Å². The highest BCUT2D eigenvalue weighted by Gasteiger charge is 2.41. The van der Waals surface area contributed by atoms with Gasteiger partial charge in [-0.25, -0.2) is 14.6 Å². The van der Waals surface area contributed by atoms with Crippen molar-refractivity contribution in [3.8, 4) is 11.6 Å². The molecular weight excluding hydrogens is 574 g/mol. The van der Waals surface area contributed by atoms with E-state index in [9.17, 15) is 14.4 Å². The van der Waals surface area contributed by atoms with Gasteiger partial charge in [0.15, 0.2) is 0 Å². The third kappa shape index (κ3) is 6.39. The smallest absolute Gasteiger partial charge is 0.410 e. The van der Waals surface area contributed by atoms with Gasteiger partial charge in [-0.15, -0.1) is 0 Å². The molecule has 2 saturated heterocycles. The molecule has 3 aliphatic rings. The lowest BCUT2D eigenvalue weighted by atomic mass is 9.79. The molecule has 1 aromatic heterocycles. The van der Waals surface area contributed by atoms with Gasteiger partial charge in [0.2, 0.25) is 5.88 Å². The average molecular weight is 606 g/mol. The third-order valence-corrected chi connectivity index (χ3v) is 8.40. The molecule has 6 rings (SSSR count). The Morgan fingerprint density at radius 1 is 1.07 bits per heavy atom. The van der Waals surface area contributed by atoms with Crippen LogP contribution in [0, 0.1) is 0 Å². The minimum Gasteiger partial charge on any atom is -0.488 e. The maximum atomic E-state index is 13.3. The average Bonchev–Trinajstić information content (AvgIpc) is 3.38. The van der Waals surface area contributed by atoms with Crippen LogP contribution in [0.15, 0.2) is 60.7 Å². The quantitative estimate of drug-likeness (QED) is 0.333. The van der Waals surface area contributed by atoms with Crippen LogP contribution in [-0.4, -0.2) is 66.4 Å². The summed E-state index contributed by atoms with van der Waals surface area (Å²) >= 11 is 5.99. The number of rotatable bonds is 9. The number of aromatic nitrogens is 1. The fourth-order valence-corrected chi connectivity index (χ4v) is 5.83. The summed E-state index contributed by atoms with van der Waals surface area (Å²) in [6.07, 6.45) is 1.62. The Morgan fingerprint density at radius 2 is 1.84 bits per heavy atom. The molecule has 3 heterocycles. The zero-order chi connectivity index (χ0) is 29.9. The number of esters is 1. The molecule has 0 bridgehead atoms. The van der Waals surface area contributed by atoms with E-state index in [0.29, 0.717) is 67.4 Å². The molecule has 10 nitrogen and oxygen atoms in total. The molecule has 43 heavy (non-hydrogen) atoms. The Morgan fingerprint density at radius 3 is 2.58 bits per heavy atom. The SMILES string of the molecule is COc1nc(C2CC(OC(=O)c3ccccc3)C2)c(O[C@H]2CCN3C(=O)OC[C@@H]3C2)cc1C(=O)NCc1ccc(Cl)cc1. The fraction of sp³-hybridized carbons (Fsp3) is 0.375. The van der Waals surface area contributed by atoms with Gasteiger partial charge in [-0.2, -0.15) is 0 Å². The first-order valence-electron chi connectivity index (χ1n) is 14.4. The minimum absolute atomic E-state index is 0.0477. The first-order valence-corrected chi connectivity index (χ1v) is 14.7. The van der Waals surface area contributed by atoms with E-state index < -0.39 is 0 Å². The maximum absolute atomic E-state index is 13.3. The molecule has 2 amide bonds. The Balaban J connectivity index is 1.20. The van der Waals surface area contributed by atoms with Gasteiger partial charge in [-0.05, 0) is 42.7 Å². The van der Waals surface area contributed by atoms with E-state index in [1.165, 1.54) is 7.11 Å². The summed E-state index contributed by atoms with van der Waals surface area (Å²) in [5, 5.41) is 3.54. The molecule has 0 spiro atoms. The lowest BCUT2D eigenvalue weighted by Gasteiger charge is -2.37. The number of carbonyl (C=O) groups excluding carboxylic acids is 3. The van der Waals surface area contributed by atoms with Crippen molar-refractivity contribution in [1.82, 2.24) is 15.2 Å². The standard InChI is InChI=1S/C32H32ClN3O7/c1-40-30-26(29(37)34-17-19-7-9-22(33)10-8-19)16-27(42-24-11-12-36-23(15-24)18-41-32(36)39)28(35-30)21-13-25(14-21)43-31(38)20-5-3-2-4-6-20/h2-10,16,21,23-25H,11-15,17-18H2,1H3,(H,34,37)/t21?,23-,24-,25?/m0/s1. The van der Waals surface area contributed by atoms with Gasteiger partial charge in [-0.1, -0.05) is 41.9 Å². The van der Waals surface area contributed by atoms with E-state index >= 15 is 0 Å². The van der Waals surface area contributed by atoms with E-state index in [1.54, 1.807) is 47.4 Å². The van der Waals surface area contributed by atoms with Crippen molar-refractivity contribution in [3.05, 3.63) is 88.1 Å². The molecule has 2 aliphatic heterocycles. The highest BCUT2D eigenvalue weighted by Crippen LogP contribution is 2.44. The number of carbonyl (C=O) groups is 3. The Hall–Kier alpha value is -4.31. The molecular formula is C32H32ClN3O7. The number of nitrogens with one attached hydrogen (secondary N) is 1. The normalized spacial score (nSPS) is 22.6. The molecule has 224 valence electrons. The first-order chi connectivity index (χ1) is 20.9. The van der Waals surface area contributed by atoms with Gasteiger partial charge in [0.05, 0.1) is 24.4 Å². The van der Waals surface area contributed by atoms with Crippen LogP contribution in [0.5, 0.6) is 11.6 Å². The van der Waals surface area contributed by atoms with Gasteiger partial charge in [0, 0.05) is 42.9 Å². The lowest BCUT2D eigenvalue weighted by Crippen LogP contribution is -2.44. The Kier molecular flexibility index (Phi) is 8.38. The van der Waals surface area contributed by atoms with E-state index in [-0.39, 0.29) is 53.6 Å². The van der Waals surface area contributed by atoms with Gasteiger partial charge in [0.1, 0.15) is 30.1 Å². The monoisotopic (exact) mass is 605 g/mol. The highest BCUT2D eigenvalue weighted by molar-refractivity contribution is 6.30. The van der Waals surface area contributed by atoms with Crippen molar-refractivity contribution in [2.24, 2.45) is 0 Å². The molecule has 0 radical (unpaired) electrons. The van der Waals surface area contributed by atoms with Crippen LogP contribution in [-0.2, 0) is 16.0 Å². The summed E-state index contributed by atoms with van der Waals surface area (Å²) in [6, 6.07) is 17.7. The number of amides is 2. The van der Waals surface area contributed by atoms with Crippen molar-refractivity contribution in [2.75, 3.05) is 20.3 Å². The van der Waals surface area contributed by atoms with Crippen molar-refractivity contribution >= 4 is 29.6 Å². The number of ether oxygens (including phenoxy) is 4. The number of nitrogens with zero attached hydrogens (tertiary/aromatic N) is 2. The highest BCUT2D eigenvalue weighted by atomic mass is 35.5. The summed E-state index contributed by atoms with van der Waals surface area (Å²) in [5.41, 5.74) is 2.30. The van der Waals surface area contributed by atoms with Crippen LogP contribution in [0.1, 0.15) is 63.6 Å². The van der Waals surface area contributed by atoms with Crippen LogP contribution in [0.3, 0.4) is 0 Å². The second-order valence-electron chi connectivity index (χ2n) is 11.0. The van der Waals surface area contributed by atoms with Crippen LogP contribution in [0.2, 0.25) is 5.02 Å². The van der Waals surface area contributed by atoms with Crippen molar-refractivity contribution in [2.45, 2.75) is 56.4 Å². The molecule has 2 aromatic carbocycles. The second-order valence-corrected chi connectivity index (χ2v) is 11.4. The molecule has 3 aromatic rings. The summed E-state index contributed by atoms with van der Waals surface area (Å²) in [4.78, 5) is 44.4. The number of hydrogen-bond acceptors (Lipinski definition) is 8. The molecule has 0 unspecified atom stereocenters. The number of methoxy groups -OCH3 is 1. The molecule has 2 atom stereocenters. The Labute approximate surface area is 254 Å². The second kappa shape index (κ2) is 12.5. The fourth-order valence-electron chi connectivity index (χ4n) is 5.70. The molecule has 1 aliphatic carbocycles. The van der Waals surface area contributed by atoms with Gasteiger partial charge < -0.3 is 29.2 Å². The number of piperidine rings is 1. The van der Waals surface area contributed by atoms with Crippen LogP contribution >= 0.6 is 11.6 Å². The van der Waals surface area contributed by atoms with Crippen LogP contribution < -0.4 is 14.8 Å². The number of hydrogen-bond donors (Lipinski definition) is 1. The zero-order valence-corrected chi connectivity index (χ0v) is 24.4. The third-order valence-electron chi connectivity index (χ3n) is 8.14. The molecule has 3 fully saturated rings. The summed E-state index contributed by atoms with van der Waals surface area (Å²) in [6.45, 7) is 1.16. The lowest BCUT2D eigenvalue weighted by molar-refractivity contribution is 0.000905. The number of benzene rings is 2. The number of fused-ring (bicyclic) bond motifs is 1. The first kappa shape index (κ1) is 28.8. The van der Waals surface area contributed by atoms with Gasteiger partial charge in [-0.3, -0.25) is 4.79 Å². The predicted molar refractivity (Wildman–Crippen MR) is 157 cm³/mol. The number of halogens is 1. The maximum Gasteiger partial charge on any atom is 0.410 e. The summed E-state index contributed by atoms with van der Waals surface area (Å²) in [5.74, 6) is -0.105. The predicted octanol–water partition coefficient (Wildman–Crippen LogP) is 5.14. The van der Waals surface area contributed by atoms with E-state index in [1.807, 2.05) is 18.2 Å². The Bertz CT molecular complexity index is 1490. The van der Waals surface area contributed by atoms with E-state index in [0.717, 1.165) is 5.56 Å². The van der Waals surface area contributed by atoms with Crippen molar-refractivity contribution < 1.29 is 33.3 Å². The molecule has 1 N–H and O–H groups in total. The van der Waals surface area contributed by atoms with Crippen LogP contribution in [0.25, 0.3) is 0 Å². The molecule has 1 saturated carbocycles. The topological polar surface area (TPSA) is 116 Å². The molecule has 11 heteroatoms. The van der Waals surface area contributed by atoms with E-state index in [4.69, 9.17) is 35.5 Å². The summed E-state index contributed by atoms with van der Waals surface area (Å²) in [7, 11) is 1.47. The number of cyclic esters (lactones) is 1. The number of pyridine rings is 1. The summed E-state index contributed by atoms with van der Waals surface area (Å²) < 4.78 is 23.0. The largest absolute Gasteiger partial charge is 0.488 e. The van der Waals surface area contributed by atoms with Crippen molar-refractivity contribution in [1.29, 1.82) is 0 Å². The van der Waals surface area contributed by atoms with Crippen molar-refractivity contribution in [3.63, 3.8) is 0 Å². The zero-order valence-electron chi connectivity index (χ0n) is 23.7. The van der Waals surface area contributed by atoms with Crippen LogP contribution in [0.4, 0.5) is 4.79 Å².